The monoisotopic (exact) mass is 195 g/mol. The summed E-state index contributed by atoms with van der Waals surface area (Å²) in [6.07, 6.45) is 9.88. The third kappa shape index (κ3) is 2.73. The minimum Gasteiger partial charge on any atom is -0.394 e. The van der Waals surface area contributed by atoms with Crippen LogP contribution in [0.4, 0.5) is 0 Å². The molecular weight excluding hydrogens is 174 g/mol. The average Bonchev–Trinajstić information content (AvgIpc) is 2.17. The van der Waals surface area contributed by atoms with Crippen molar-refractivity contribution in [1.29, 1.82) is 0 Å². The van der Waals surface area contributed by atoms with E-state index in [-0.39, 0.29) is 18.2 Å². The molecule has 80 valence electrons. The van der Waals surface area contributed by atoms with Crippen LogP contribution in [0.2, 0.25) is 0 Å². The third-order valence-electron chi connectivity index (χ3n) is 3.17. The molecule has 1 rings (SSSR count). The summed E-state index contributed by atoms with van der Waals surface area (Å²) in [6.45, 7) is 4.41. The van der Waals surface area contributed by atoms with Crippen molar-refractivity contribution in [2.45, 2.75) is 51.1 Å². The fourth-order valence-electron chi connectivity index (χ4n) is 2.48. The van der Waals surface area contributed by atoms with Crippen LogP contribution in [-0.4, -0.2) is 23.3 Å². The number of terminal acetylenes is 1. The predicted octanol–water partition coefficient (Wildman–Crippen LogP) is 1.54. The Hall–Kier alpha value is -0.520. The van der Waals surface area contributed by atoms with Crippen molar-refractivity contribution in [3.05, 3.63) is 0 Å². The van der Waals surface area contributed by atoms with E-state index in [0.29, 0.717) is 5.92 Å². The molecule has 0 aliphatic heterocycles. The standard InChI is InChI=1S/C12H21NO/c1-4-11(3)13-12(9-14)7-5-6-10(2)8-12/h1,10-11,13-14H,5-9H2,2-3H3. The van der Waals surface area contributed by atoms with E-state index < -0.39 is 0 Å². The smallest absolute Gasteiger partial charge is 0.0663 e. The van der Waals surface area contributed by atoms with Gasteiger partial charge in [0.25, 0.3) is 0 Å². The molecule has 0 amide bonds. The molecule has 14 heavy (non-hydrogen) atoms. The van der Waals surface area contributed by atoms with Crippen LogP contribution in [-0.2, 0) is 0 Å². The molecule has 0 radical (unpaired) electrons. The highest BCUT2D eigenvalue weighted by Gasteiger charge is 2.34. The van der Waals surface area contributed by atoms with Crippen LogP contribution in [0, 0.1) is 18.3 Å². The van der Waals surface area contributed by atoms with Gasteiger partial charge in [-0.1, -0.05) is 25.7 Å². The van der Waals surface area contributed by atoms with E-state index in [2.05, 4.69) is 18.2 Å². The maximum Gasteiger partial charge on any atom is 0.0663 e. The lowest BCUT2D eigenvalue weighted by atomic mass is 9.76. The predicted molar refractivity (Wildman–Crippen MR) is 58.9 cm³/mol. The minimum absolute atomic E-state index is 0.0486. The van der Waals surface area contributed by atoms with Crippen LogP contribution in [0.15, 0.2) is 0 Å². The van der Waals surface area contributed by atoms with E-state index in [9.17, 15) is 5.11 Å². The molecule has 0 heterocycles. The second-order valence-electron chi connectivity index (χ2n) is 4.67. The molecule has 0 aromatic rings. The van der Waals surface area contributed by atoms with Gasteiger partial charge < -0.3 is 5.11 Å². The molecule has 3 unspecified atom stereocenters. The lowest BCUT2D eigenvalue weighted by molar-refractivity contribution is 0.0960. The molecular formula is C12H21NO. The highest BCUT2D eigenvalue weighted by Crippen LogP contribution is 2.32. The zero-order chi connectivity index (χ0) is 10.6. The lowest BCUT2D eigenvalue weighted by Crippen LogP contribution is -2.54. The zero-order valence-electron chi connectivity index (χ0n) is 9.21. The molecule has 1 aliphatic rings. The van der Waals surface area contributed by atoms with Gasteiger partial charge >= 0.3 is 0 Å². The second-order valence-corrected chi connectivity index (χ2v) is 4.67. The molecule has 0 bridgehead atoms. The van der Waals surface area contributed by atoms with Gasteiger partial charge in [0.05, 0.1) is 12.6 Å². The molecule has 0 spiro atoms. The average molecular weight is 195 g/mol. The summed E-state index contributed by atoms with van der Waals surface area (Å²) in [7, 11) is 0. The van der Waals surface area contributed by atoms with Gasteiger partial charge in [0.1, 0.15) is 0 Å². The van der Waals surface area contributed by atoms with E-state index >= 15 is 0 Å². The van der Waals surface area contributed by atoms with Gasteiger partial charge in [0, 0.05) is 5.54 Å². The topological polar surface area (TPSA) is 32.3 Å². The Morgan fingerprint density at radius 2 is 2.43 bits per heavy atom. The normalized spacial score (nSPS) is 34.9. The first-order valence-corrected chi connectivity index (χ1v) is 5.46. The third-order valence-corrected chi connectivity index (χ3v) is 3.17. The Balaban J connectivity index is 2.61. The molecule has 2 heteroatoms. The Morgan fingerprint density at radius 1 is 1.71 bits per heavy atom. The van der Waals surface area contributed by atoms with E-state index in [1.807, 2.05) is 6.92 Å². The van der Waals surface area contributed by atoms with E-state index in [0.717, 1.165) is 12.8 Å². The van der Waals surface area contributed by atoms with Crippen molar-refractivity contribution >= 4 is 0 Å². The Morgan fingerprint density at radius 3 is 2.93 bits per heavy atom. The maximum absolute atomic E-state index is 9.47. The van der Waals surface area contributed by atoms with Crippen LogP contribution in [0.5, 0.6) is 0 Å². The molecule has 1 aliphatic carbocycles. The largest absolute Gasteiger partial charge is 0.394 e. The number of nitrogens with one attached hydrogen (secondary N) is 1. The van der Waals surface area contributed by atoms with Gasteiger partial charge in [-0.05, 0) is 25.7 Å². The SMILES string of the molecule is C#CC(C)NC1(CO)CCCC(C)C1. The molecule has 0 aromatic heterocycles. The number of aliphatic hydroxyl groups excluding tert-OH is 1. The molecule has 1 saturated carbocycles. The fraction of sp³-hybridized carbons (Fsp3) is 0.833. The van der Waals surface area contributed by atoms with Crippen LogP contribution in [0.25, 0.3) is 0 Å². The van der Waals surface area contributed by atoms with Gasteiger partial charge in [0.15, 0.2) is 0 Å². The molecule has 2 N–H and O–H groups in total. The number of aliphatic hydroxyl groups is 1. The Kier molecular flexibility index (Phi) is 3.97. The first-order chi connectivity index (χ1) is 6.62. The summed E-state index contributed by atoms with van der Waals surface area (Å²) in [5.74, 6) is 3.35. The summed E-state index contributed by atoms with van der Waals surface area (Å²) < 4.78 is 0. The first kappa shape index (κ1) is 11.6. The highest BCUT2D eigenvalue weighted by molar-refractivity contribution is 5.02. The van der Waals surface area contributed by atoms with Crippen LogP contribution < -0.4 is 5.32 Å². The summed E-state index contributed by atoms with van der Waals surface area (Å²) in [5, 5.41) is 12.8. The molecule has 3 atom stereocenters. The molecule has 0 aromatic carbocycles. The van der Waals surface area contributed by atoms with Crippen molar-refractivity contribution in [3.8, 4) is 12.3 Å². The van der Waals surface area contributed by atoms with E-state index in [1.165, 1.54) is 12.8 Å². The summed E-state index contributed by atoms with van der Waals surface area (Å²) >= 11 is 0. The second kappa shape index (κ2) is 4.82. The van der Waals surface area contributed by atoms with Crippen molar-refractivity contribution in [2.75, 3.05) is 6.61 Å². The van der Waals surface area contributed by atoms with Crippen LogP contribution in [0.3, 0.4) is 0 Å². The van der Waals surface area contributed by atoms with Crippen molar-refractivity contribution in [2.24, 2.45) is 5.92 Å². The van der Waals surface area contributed by atoms with Crippen molar-refractivity contribution < 1.29 is 5.11 Å². The van der Waals surface area contributed by atoms with Gasteiger partial charge in [-0.2, -0.15) is 0 Å². The zero-order valence-corrected chi connectivity index (χ0v) is 9.21. The van der Waals surface area contributed by atoms with Gasteiger partial charge in [-0.25, -0.2) is 0 Å². The fourth-order valence-corrected chi connectivity index (χ4v) is 2.48. The van der Waals surface area contributed by atoms with Gasteiger partial charge in [-0.3, -0.25) is 5.32 Å². The minimum atomic E-state index is -0.122. The number of hydrogen-bond acceptors (Lipinski definition) is 2. The van der Waals surface area contributed by atoms with E-state index in [1.54, 1.807) is 0 Å². The van der Waals surface area contributed by atoms with Gasteiger partial charge in [0.2, 0.25) is 0 Å². The number of rotatable bonds is 3. The first-order valence-electron chi connectivity index (χ1n) is 5.46. The van der Waals surface area contributed by atoms with E-state index in [4.69, 9.17) is 6.42 Å². The lowest BCUT2D eigenvalue weighted by Gasteiger charge is -2.40. The van der Waals surface area contributed by atoms with Crippen molar-refractivity contribution in [3.63, 3.8) is 0 Å². The van der Waals surface area contributed by atoms with Crippen molar-refractivity contribution in [1.82, 2.24) is 5.32 Å². The van der Waals surface area contributed by atoms with Gasteiger partial charge in [-0.15, -0.1) is 6.42 Å². The van der Waals surface area contributed by atoms with Crippen LogP contribution in [0.1, 0.15) is 39.5 Å². The van der Waals surface area contributed by atoms with Crippen LogP contribution >= 0.6 is 0 Å². The Bertz CT molecular complexity index is 221. The quantitative estimate of drug-likeness (QED) is 0.670. The summed E-state index contributed by atoms with van der Waals surface area (Å²) in [6, 6.07) is 0.0486. The molecule has 2 nitrogen and oxygen atoms in total. The summed E-state index contributed by atoms with van der Waals surface area (Å²) in [4.78, 5) is 0. The highest BCUT2D eigenvalue weighted by atomic mass is 16.3. The molecule has 0 saturated heterocycles. The maximum atomic E-state index is 9.47. The Labute approximate surface area is 87.1 Å². The summed E-state index contributed by atoms with van der Waals surface area (Å²) in [5.41, 5.74) is -0.122. The number of hydrogen-bond donors (Lipinski definition) is 2. The molecule has 1 fully saturated rings.